The molecule has 20 heavy (non-hydrogen) atoms. The first kappa shape index (κ1) is 12.9. The van der Waals surface area contributed by atoms with Gasteiger partial charge in [-0.05, 0) is 39.2 Å². The minimum absolute atomic E-state index is 0.0183. The maximum Gasteiger partial charge on any atom is 0.250 e. The van der Waals surface area contributed by atoms with Crippen LogP contribution in [0.3, 0.4) is 0 Å². The molecule has 0 fully saturated rings. The maximum atomic E-state index is 11.9. The maximum absolute atomic E-state index is 11.9. The highest BCUT2D eigenvalue weighted by molar-refractivity contribution is 9.10. The van der Waals surface area contributed by atoms with E-state index < -0.39 is 0 Å². The molecule has 0 aliphatic carbocycles. The molecule has 0 aliphatic heterocycles. The van der Waals surface area contributed by atoms with Gasteiger partial charge < -0.3 is 8.98 Å². The Morgan fingerprint density at radius 1 is 1.10 bits per heavy atom. The first-order chi connectivity index (χ1) is 9.74. The predicted octanol–water partition coefficient (Wildman–Crippen LogP) is 3.92. The Balaban J connectivity index is 2.03. The van der Waals surface area contributed by atoms with Crippen LogP contribution >= 0.6 is 15.9 Å². The third kappa shape index (κ3) is 2.60. The number of halogens is 1. The molecule has 0 bridgehead atoms. The zero-order valence-corrected chi connectivity index (χ0v) is 12.2. The molecule has 0 spiro atoms. The molecule has 0 N–H and O–H groups in total. The van der Waals surface area contributed by atoms with Crippen LogP contribution in [0.2, 0.25) is 0 Å². The molecule has 0 radical (unpaired) electrons. The van der Waals surface area contributed by atoms with Gasteiger partial charge in [0.2, 0.25) is 0 Å². The largest absolute Gasteiger partial charge is 0.472 e. The second-order valence-corrected chi connectivity index (χ2v) is 5.40. The van der Waals surface area contributed by atoms with Crippen LogP contribution in [0.1, 0.15) is 5.56 Å². The Bertz CT molecular complexity index is 775. The number of furan rings is 1. The van der Waals surface area contributed by atoms with Crippen molar-refractivity contribution in [2.24, 2.45) is 0 Å². The fraction of sp³-hybridized carbons (Fsp3) is 0.0625. The SMILES string of the molecule is O=c1ccc(Br)cn1Cc1ccccc1-c1ccoc1. The summed E-state index contributed by atoms with van der Waals surface area (Å²) in [6.45, 7) is 0.527. The van der Waals surface area contributed by atoms with E-state index in [1.54, 1.807) is 35.4 Å². The van der Waals surface area contributed by atoms with Crippen LogP contribution in [0.5, 0.6) is 0 Å². The smallest absolute Gasteiger partial charge is 0.250 e. The van der Waals surface area contributed by atoms with E-state index in [4.69, 9.17) is 4.42 Å². The zero-order valence-electron chi connectivity index (χ0n) is 10.6. The molecular weight excluding hydrogens is 318 g/mol. The van der Waals surface area contributed by atoms with Gasteiger partial charge in [0, 0.05) is 22.3 Å². The fourth-order valence-electron chi connectivity index (χ4n) is 2.17. The van der Waals surface area contributed by atoms with Gasteiger partial charge in [-0.15, -0.1) is 0 Å². The number of rotatable bonds is 3. The van der Waals surface area contributed by atoms with E-state index in [0.29, 0.717) is 6.54 Å². The topological polar surface area (TPSA) is 35.1 Å². The molecular formula is C16H12BrNO2. The second kappa shape index (κ2) is 5.51. The summed E-state index contributed by atoms with van der Waals surface area (Å²) >= 11 is 3.39. The number of benzene rings is 1. The van der Waals surface area contributed by atoms with Gasteiger partial charge in [-0.2, -0.15) is 0 Å². The van der Waals surface area contributed by atoms with Gasteiger partial charge in [-0.1, -0.05) is 24.3 Å². The Kier molecular flexibility index (Phi) is 3.56. The molecule has 3 nitrogen and oxygen atoms in total. The van der Waals surface area contributed by atoms with E-state index in [1.807, 2.05) is 30.3 Å². The minimum Gasteiger partial charge on any atom is -0.472 e. The average Bonchev–Trinajstić information content (AvgIpc) is 2.97. The molecule has 0 amide bonds. The number of hydrogen-bond acceptors (Lipinski definition) is 2. The predicted molar refractivity (Wildman–Crippen MR) is 81.6 cm³/mol. The molecule has 4 heteroatoms. The molecule has 0 saturated carbocycles. The fourth-order valence-corrected chi connectivity index (χ4v) is 2.55. The Hall–Kier alpha value is -2.07. The first-order valence-electron chi connectivity index (χ1n) is 6.20. The monoisotopic (exact) mass is 329 g/mol. The van der Waals surface area contributed by atoms with E-state index in [0.717, 1.165) is 21.2 Å². The summed E-state index contributed by atoms with van der Waals surface area (Å²) in [5, 5.41) is 0. The van der Waals surface area contributed by atoms with Crippen molar-refractivity contribution in [1.29, 1.82) is 0 Å². The molecule has 2 heterocycles. The summed E-state index contributed by atoms with van der Waals surface area (Å²) in [6.07, 6.45) is 5.16. The standard InChI is InChI=1S/C16H12BrNO2/c17-14-5-6-16(19)18(10-14)9-12-3-1-2-4-15(12)13-7-8-20-11-13/h1-8,10-11H,9H2. The number of nitrogens with zero attached hydrogens (tertiary/aromatic N) is 1. The van der Waals surface area contributed by atoms with Crippen LogP contribution in [-0.4, -0.2) is 4.57 Å². The normalized spacial score (nSPS) is 10.7. The quantitative estimate of drug-likeness (QED) is 0.730. The third-order valence-corrected chi connectivity index (χ3v) is 3.61. The number of pyridine rings is 1. The van der Waals surface area contributed by atoms with Crippen molar-refractivity contribution in [1.82, 2.24) is 4.57 Å². The minimum atomic E-state index is -0.0183. The molecule has 0 aliphatic rings. The molecule has 0 saturated heterocycles. The van der Waals surface area contributed by atoms with Crippen LogP contribution in [0.4, 0.5) is 0 Å². The molecule has 3 aromatic rings. The summed E-state index contributed by atoms with van der Waals surface area (Å²) < 4.78 is 7.71. The zero-order chi connectivity index (χ0) is 13.9. The molecule has 1 aromatic carbocycles. The lowest BCUT2D eigenvalue weighted by Crippen LogP contribution is -2.19. The second-order valence-electron chi connectivity index (χ2n) is 4.48. The highest BCUT2D eigenvalue weighted by atomic mass is 79.9. The summed E-state index contributed by atoms with van der Waals surface area (Å²) in [6, 6.07) is 13.2. The van der Waals surface area contributed by atoms with Crippen LogP contribution in [0, 0.1) is 0 Å². The van der Waals surface area contributed by atoms with Crippen LogP contribution in [-0.2, 0) is 6.54 Å². The lowest BCUT2D eigenvalue weighted by atomic mass is 10.0. The Morgan fingerprint density at radius 3 is 2.75 bits per heavy atom. The number of aromatic nitrogens is 1. The van der Waals surface area contributed by atoms with E-state index in [9.17, 15) is 4.79 Å². The van der Waals surface area contributed by atoms with Gasteiger partial charge in [0.05, 0.1) is 19.1 Å². The van der Waals surface area contributed by atoms with Crippen molar-refractivity contribution in [3.05, 3.63) is 81.6 Å². The lowest BCUT2D eigenvalue weighted by Gasteiger charge is -2.10. The van der Waals surface area contributed by atoms with Gasteiger partial charge >= 0.3 is 0 Å². The highest BCUT2D eigenvalue weighted by Gasteiger charge is 2.07. The lowest BCUT2D eigenvalue weighted by molar-refractivity contribution is 0.568. The van der Waals surface area contributed by atoms with Crippen molar-refractivity contribution >= 4 is 15.9 Å². The summed E-state index contributed by atoms with van der Waals surface area (Å²) in [4.78, 5) is 11.9. The van der Waals surface area contributed by atoms with E-state index in [2.05, 4.69) is 15.9 Å². The van der Waals surface area contributed by atoms with Crippen LogP contribution in [0.25, 0.3) is 11.1 Å². The molecule has 0 atom stereocenters. The van der Waals surface area contributed by atoms with Crippen molar-refractivity contribution < 1.29 is 4.42 Å². The number of hydrogen-bond donors (Lipinski definition) is 0. The van der Waals surface area contributed by atoms with Crippen molar-refractivity contribution in [2.75, 3.05) is 0 Å². The summed E-state index contributed by atoms with van der Waals surface area (Å²) in [7, 11) is 0. The van der Waals surface area contributed by atoms with Gasteiger partial charge in [-0.3, -0.25) is 4.79 Å². The van der Waals surface area contributed by atoms with Crippen LogP contribution < -0.4 is 5.56 Å². The Morgan fingerprint density at radius 2 is 1.95 bits per heavy atom. The molecule has 100 valence electrons. The Labute approximate surface area is 124 Å². The molecule has 3 rings (SSSR count). The van der Waals surface area contributed by atoms with E-state index in [-0.39, 0.29) is 5.56 Å². The van der Waals surface area contributed by atoms with Gasteiger partial charge in [0.1, 0.15) is 0 Å². The van der Waals surface area contributed by atoms with Crippen molar-refractivity contribution in [2.45, 2.75) is 6.54 Å². The van der Waals surface area contributed by atoms with E-state index in [1.165, 1.54) is 0 Å². The molecule has 2 aromatic heterocycles. The van der Waals surface area contributed by atoms with Gasteiger partial charge in [-0.25, -0.2) is 0 Å². The average molecular weight is 330 g/mol. The van der Waals surface area contributed by atoms with E-state index >= 15 is 0 Å². The van der Waals surface area contributed by atoms with Crippen LogP contribution in [0.15, 0.2) is 74.9 Å². The van der Waals surface area contributed by atoms with Gasteiger partial charge in [0.25, 0.3) is 5.56 Å². The first-order valence-corrected chi connectivity index (χ1v) is 7.00. The van der Waals surface area contributed by atoms with Crippen molar-refractivity contribution in [3.63, 3.8) is 0 Å². The molecule has 0 unspecified atom stereocenters. The van der Waals surface area contributed by atoms with Crippen molar-refractivity contribution in [3.8, 4) is 11.1 Å². The summed E-state index contributed by atoms with van der Waals surface area (Å²) in [5.74, 6) is 0. The highest BCUT2D eigenvalue weighted by Crippen LogP contribution is 2.24. The third-order valence-electron chi connectivity index (χ3n) is 3.14. The van der Waals surface area contributed by atoms with Gasteiger partial charge in [0.15, 0.2) is 0 Å². The summed E-state index contributed by atoms with van der Waals surface area (Å²) in [5.41, 5.74) is 3.15.